The van der Waals surface area contributed by atoms with Gasteiger partial charge in [-0.1, -0.05) is 13.3 Å². The molecule has 0 fully saturated rings. The van der Waals surface area contributed by atoms with Gasteiger partial charge in [-0.3, -0.25) is 0 Å². The molecule has 2 aromatic heterocycles. The van der Waals surface area contributed by atoms with Crippen LogP contribution in [0.1, 0.15) is 30.3 Å². The summed E-state index contributed by atoms with van der Waals surface area (Å²) in [7, 11) is 2.93. The molecule has 8 nitrogen and oxygen atoms in total. The minimum atomic E-state index is -0.561. The Morgan fingerprint density at radius 1 is 1.17 bits per heavy atom. The van der Waals surface area contributed by atoms with Crippen LogP contribution in [0.15, 0.2) is 24.4 Å². The lowest BCUT2D eigenvalue weighted by molar-refractivity contribution is 0.0489. The van der Waals surface area contributed by atoms with Gasteiger partial charge in [0.15, 0.2) is 11.4 Å². The highest BCUT2D eigenvalue weighted by Crippen LogP contribution is 2.25. The molecule has 2 heterocycles. The third kappa shape index (κ3) is 4.55. The van der Waals surface area contributed by atoms with Gasteiger partial charge in [0, 0.05) is 6.20 Å². The molecule has 0 N–H and O–H groups in total. The first kappa shape index (κ1) is 17.5. The van der Waals surface area contributed by atoms with Crippen molar-refractivity contribution in [2.45, 2.75) is 19.8 Å². The van der Waals surface area contributed by atoms with Crippen molar-refractivity contribution in [3.8, 4) is 23.5 Å². The summed E-state index contributed by atoms with van der Waals surface area (Å²) in [6, 6.07) is 4.70. The standard InChI is InChI=1S/C16H19N3O5/c1-4-5-9-23-15(20)14-11(7-6-8-17-14)24-16-18-12(21-2)10-13(19-16)22-3/h6-8,10H,4-5,9H2,1-3H3. The number of nitrogens with zero attached hydrogens (tertiary/aromatic N) is 3. The van der Waals surface area contributed by atoms with Crippen LogP contribution in [0, 0.1) is 0 Å². The molecule has 0 aliphatic carbocycles. The zero-order valence-electron chi connectivity index (χ0n) is 13.8. The maximum absolute atomic E-state index is 12.1. The monoisotopic (exact) mass is 333 g/mol. The van der Waals surface area contributed by atoms with E-state index in [0.717, 1.165) is 12.8 Å². The van der Waals surface area contributed by atoms with Crippen molar-refractivity contribution < 1.29 is 23.7 Å². The normalized spacial score (nSPS) is 10.1. The summed E-state index contributed by atoms with van der Waals surface area (Å²) in [5.41, 5.74) is 0.0546. The molecule has 0 spiro atoms. The number of ether oxygens (including phenoxy) is 4. The van der Waals surface area contributed by atoms with Gasteiger partial charge in [-0.05, 0) is 18.6 Å². The van der Waals surface area contributed by atoms with Crippen LogP contribution < -0.4 is 14.2 Å². The first-order valence-electron chi connectivity index (χ1n) is 7.45. The van der Waals surface area contributed by atoms with Gasteiger partial charge in [0.25, 0.3) is 0 Å². The lowest BCUT2D eigenvalue weighted by atomic mass is 10.3. The van der Waals surface area contributed by atoms with Gasteiger partial charge < -0.3 is 18.9 Å². The van der Waals surface area contributed by atoms with Gasteiger partial charge in [0.2, 0.25) is 11.8 Å². The van der Waals surface area contributed by atoms with Crippen LogP contribution in [0.25, 0.3) is 0 Å². The smallest absolute Gasteiger partial charge is 0.360 e. The van der Waals surface area contributed by atoms with Crippen LogP contribution in [0.4, 0.5) is 0 Å². The molecule has 0 aromatic carbocycles. The summed E-state index contributed by atoms with van der Waals surface area (Å²) < 4.78 is 20.9. The van der Waals surface area contributed by atoms with E-state index >= 15 is 0 Å². The van der Waals surface area contributed by atoms with E-state index in [9.17, 15) is 4.79 Å². The molecule has 0 amide bonds. The number of carbonyl (C=O) groups excluding carboxylic acids is 1. The lowest BCUT2D eigenvalue weighted by Gasteiger charge is -2.10. The van der Waals surface area contributed by atoms with Crippen molar-refractivity contribution in [1.82, 2.24) is 15.0 Å². The fourth-order valence-electron chi connectivity index (χ4n) is 1.74. The van der Waals surface area contributed by atoms with Gasteiger partial charge in [-0.25, -0.2) is 9.78 Å². The Balaban J connectivity index is 2.22. The summed E-state index contributed by atoms with van der Waals surface area (Å²) >= 11 is 0. The molecular formula is C16H19N3O5. The Morgan fingerprint density at radius 3 is 2.50 bits per heavy atom. The zero-order chi connectivity index (χ0) is 17.4. The third-order valence-electron chi connectivity index (χ3n) is 2.97. The molecule has 0 bridgehead atoms. The molecule has 2 rings (SSSR count). The number of methoxy groups -OCH3 is 2. The number of hydrogen-bond acceptors (Lipinski definition) is 8. The second-order valence-electron chi connectivity index (χ2n) is 4.68. The highest BCUT2D eigenvalue weighted by molar-refractivity contribution is 5.90. The molecule has 0 unspecified atom stereocenters. The van der Waals surface area contributed by atoms with E-state index < -0.39 is 5.97 Å². The number of aromatic nitrogens is 3. The van der Waals surface area contributed by atoms with Crippen LogP contribution in [-0.4, -0.2) is 41.7 Å². The van der Waals surface area contributed by atoms with Gasteiger partial charge in [0.05, 0.1) is 26.9 Å². The predicted octanol–water partition coefficient (Wildman–Crippen LogP) is 2.64. The minimum absolute atomic E-state index is 0.0261. The van der Waals surface area contributed by atoms with Crippen LogP contribution in [0.5, 0.6) is 23.5 Å². The maximum Gasteiger partial charge on any atom is 0.360 e. The van der Waals surface area contributed by atoms with E-state index in [2.05, 4.69) is 15.0 Å². The van der Waals surface area contributed by atoms with Crippen molar-refractivity contribution in [2.24, 2.45) is 0 Å². The van der Waals surface area contributed by atoms with E-state index in [-0.39, 0.29) is 29.2 Å². The highest BCUT2D eigenvalue weighted by atomic mass is 16.5. The van der Waals surface area contributed by atoms with Crippen LogP contribution in [-0.2, 0) is 4.74 Å². The molecule has 24 heavy (non-hydrogen) atoms. The molecule has 0 saturated heterocycles. The Labute approximate surface area is 139 Å². The first-order valence-corrected chi connectivity index (χ1v) is 7.45. The van der Waals surface area contributed by atoms with E-state index in [4.69, 9.17) is 18.9 Å². The molecule has 0 aliphatic heterocycles. The van der Waals surface area contributed by atoms with Gasteiger partial charge in [-0.2, -0.15) is 9.97 Å². The molecule has 0 saturated carbocycles. The SMILES string of the molecule is CCCCOC(=O)c1ncccc1Oc1nc(OC)cc(OC)n1. The highest BCUT2D eigenvalue weighted by Gasteiger charge is 2.18. The van der Waals surface area contributed by atoms with E-state index in [1.54, 1.807) is 12.1 Å². The number of carbonyl (C=O) groups is 1. The number of pyridine rings is 1. The van der Waals surface area contributed by atoms with Crippen molar-refractivity contribution in [3.05, 3.63) is 30.1 Å². The van der Waals surface area contributed by atoms with Gasteiger partial charge in [0.1, 0.15) is 0 Å². The number of hydrogen-bond donors (Lipinski definition) is 0. The zero-order valence-corrected chi connectivity index (χ0v) is 13.8. The molecule has 128 valence electrons. The van der Waals surface area contributed by atoms with Crippen molar-refractivity contribution in [3.63, 3.8) is 0 Å². The van der Waals surface area contributed by atoms with Crippen molar-refractivity contribution in [1.29, 1.82) is 0 Å². The fourth-order valence-corrected chi connectivity index (χ4v) is 1.74. The van der Waals surface area contributed by atoms with Crippen molar-refractivity contribution in [2.75, 3.05) is 20.8 Å². The first-order chi connectivity index (χ1) is 11.7. The predicted molar refractivity (Wildman–Crippen MR) is 84.6 cm³/mol. The second-order valence-corrected chi connectivity index (χ2v) is 4.68. The second kappa shape index (κ2) is 8.66. The summed E-state index contributed by atoms with van der Waals surface area (Å²) in [5, 5.41) is 0. The minimum Gasteiger partial charge on any atom is -0.481 e. The largest absolute Gasteiger partial charge is 0.481 e. The summed E-state index contributed by atoms with van der Waals surface area (Å²) in [6.07, 6.45) is 3.19. The van der Waals surface area contributed by atoms with Crippen LogP contribution in [0.2, 0.25) is 0 Å². The van der Waals surface area contributed by atoms with Crippen LogP contribution >= 0.6 is 0 Å². The van der Waals surface area contributed by atoms with Gasteiger partial charge in [-0.15, -0.1) is 0 Å². The number of unbranched alkanes of at least 4 members (excludes halogenated alkanes) is 1. The fraction of sp³-hybridized carbons (Fsp3) is 0.375. The molecule has 8 heteroatoms. The van der Waals surface area contributed by atoms with E-state index in [1.807, 2.05) is 6.92 Å². The summed E-state index contributed by atoms with van der Waals surface area (Å²) in [6.45, 7) is 2.34. The van der Waals surface area contributed by atoms with Crippen molar-refractivity contribution >= 4 is 5.97 Å². The molecule has 2 aromatic rings. The average molecular weight is 333 g/mol. The van der Waals surface area contributed by atoms with Gasteiger partial charge >= 0.3 is 12.0 Å². The van der Waals surface area contributed by atoms with Crippen LogP contribution in [0.3, 0.4) is 0 Å². The topological polar surface area (TPSA) is 92.7 Å². The number of rotatable bonds is 8. The van der Waals surface area contributed by atoms with E-state index in [0.29, 0.717) is 6.61 Å². The Hall–Kier alpha value is -2.90. The Morgan fingerprint density at radius 2 is 1.88 bits per heavy atom. The summed E-state index contributed by atoms with van der Waals surface area (Å²) in [5.74, 6) is 0.170. The number of esters is 1. The molecular weight excluding hydrogens is 314 g/mol. The quantitative estimate of drug-likeness (QED) is 0.538. The average Bonchev–Trinajstić information content (AvgIpc) is 2.61. The third-order valence-corrected chi connectivity index (χ3v) is 2.97. The maximum atomic E-state index is 12.1. The Bertz CT molecular complexity index is 671. The molecule has 0 aliphatic rings. The Kier molecular flexibility index (Phi) is 6.30. The molecule has 0 atom stereocenters. The summed E-state index contributed by atoms with van der Waals surface area (Å²) in [4.78, 5) is 24.3. The lowest BCUT2D eigenvalue weighted by Crippen LogP contribution is -2.10. The van der Waals surface area contributed by atoms with E-state index in [1.165, 1.54) is 26.5 Å². The molecule has 0 radical (unpaired) electrons.